The van der Waals surface area contributed by atoms with Crippen molar-refractivity contribution in [2.45, 2.75) is 6.92 Å². The number of aromatic nitrogens is 2. The molecule has 78 valence electrons. The van der Waals surface area contributed by atoms with E-state index in [0.29, 0.717) is 0 Å². The number of aromatic amines is 1. The van der Waals surface area contributed by atoms with Crippen LogP contribution in [0.3, 0.4) is 0 Å². The summed E-state index contributed by atoms with van der Waals surface area (Å²) in [5, 5.41) is 9.14. The summed E-state index contributed by atoms with van der Waals surface area (Å²) in [6, 6.07) is 0. The van der Waals surface area contributed by atoms with Crippen molar-refractivity contribution in [2.24, 2.45) is 0 Å². The SMILES string of the molecule is CC(=O)SCC#Cc1c(O)nc[nH]c1=O. The zero-order valence-electron chi connectivity index (χ0n) is 7.90. The average Bonchev–Trinajstić information content (AvgIpc) is 2.15. The van der Waals surface area contributed by atoms with Crippen LogP contribution in [0.2, 0.25) is 0 Å². The summed E-state index contributed by atoms with van der Waals surface area (Å²) >= 11 is 1.04. The molecule has 0 unspecified atom stereocenters. The molecule has 15 heavy (non-hydrogen) atoms. The highest BCUT2D eigenvalue weighted by atomic mass is 32.2. The molecule has 0 atom stereocenters. The van der Waals surface area contributed by atoms with Gasteiger partial charge in [-0.25, -0.2) is 4.98 Å². The van der Waals surface area contributed by atoms with E-state index in [1.165, 1.54) is 6.92 Å². The lowest BCUT2D eigenvalue weighted by atomic mass is 10.3. The Hall–Kier alpha value is -1.74. The van der Waals surface area contributed by atoms with Crippen LogP contribution in [0.1, 0.15) is 12.5 Å². The molecular weight excluding hydrogens is 216 g/mol. The van der Waals surface area contributed by atoms with Crippen molar-refractivity contribution < 1.29 is 9.90 Å². The van der Waals surface area contributed by atoms with Gasteiger partial charge in [-0.05, 0) is 0 Å². The Bertz CT molecular complexity index is 484. The second-order valence-electron chi connectivity index (χ2n) is 2.51. The van der Waals surface area contributed by atoms with Crippen LogP contribution in [0.4, 0.5) is 0 Å². The molecule has 5 nitrogen and oxygen atoms in total. The monoisotopic (exact) mass is 224 g/mol. The third-order valence-corrected chi connectivity index (χ3v) is 2.09. The van der Waals surface area contributed by atoms with Gasteiger partial charge in [-0.2, -0.15) is 0 Å². The highest BCUT2D eigenvalue weighted by molar-refractivity contribution is 8.13. The van der Waals surface area contributed by atoms with Gasteiger partial charge in [0.2, 0.25) is 5.88 Å². The summed E-state index contributed by atoms with van der Waals surface area (Å²) in [4.78, 5) is 27.5. The number of thioether (sulfide) groups is 1. The number of nitrogens with one attached hydrogen (secondary N) is 1. The molecule has 0 bridgehead atoms. The number of rotatable bonds is 1. The Morgan fingerprint density at radius 1 is 1.73 bits per heavy atom. The quantitative estimate of drug-likeness (QED) is 0.661. The summed E-state index contributed by atoms with van der Waals surface area (Å²) in [6.45, 7) is 1.43. The van der Waals surface area contributed by atoms with Gasteiger partial charge in [0, 0.05) is 6.92 Å². The lowest BCUT2D eigenvalue weighted by molar-refractivity contribution is -0.109. The molecule has 0 aliphatic heterocycles. The Morgan fingerprint density at radius 2 is 2.47 bits per heavy atom. The van der Waals surface area contributed by atoms with Crippen molar-refractivity contribution in [2.75, 3.05) is 5.75 Å². The van der Waals surface area contributed by atoms with Crippen molar-refractivity contribution in [3.8, 4) is 17.7 Å². The van der Waals surface area contributed by atoms with Gasteiger partial charge in [0.25, 0.3) is 5.56 Å². The average molecular weight is 224 g/mol. The minimum absolute atomic E-state index is 0.0476. The fraction of sp³-hybridized carbons (Fsp3) is 0.222. The maximum Gasteiger partial charge on any atom is 0.270 e. The van der Waals surface area contributed by atoms with E-state index in [1.54, 1.807) is 0 Å². The van der Waals surface area contributed by atoms with E-state index in [2.05, 4.69) is 21.8 Å². The number of nitrogens with zero attached hydrogens (tertiary/aromatic N) is 1. The number of hydrogen-bond donors (Lipinski definition) is 2. The van der Waals surface area contributed by atoms with Crippen LogP contribution in [0.15, 0.2) is 11.1 Å². The maximum atomic E-state index is 11.1. The van der Waals surface area contributed by atoms with Gasteiger partial charge in [-0.3, -0.25) is 9.59 Å². The van der Waals surface area contributed by atoms with Gasteiger partial charge in [0.05, 0.1) is 12.1 Å². The molecule has 0 amide bonds. The second kappa shape index (κ2) is 5.22. The minimum atomic E-state index is -0.497. The third-order valence-electron chi connectivity index (χ3n) is 1.39. The first kappa shape index (κ1) is 11.3. The number of H-pyrrole nitrogens is 1. The van der Waals surface area contributed by atoms with Crippen molar-refractivity contribution in [3.63, 3.8) is 0 Å². The molecule has 1 heterocycles. The van der Waals surface area contributed by atoms with Crippen LogP contribution in [0, 0.1) is 11.8 Å². The van der Waals surface area contributed by atoms with Gasteiger partial charge in [0.1, 0.15) is 0 Å². The summed E-state index contributed by atoms with van der Waals surface area (Å²) in [6.07, 6.45) is 1.09. The normalized spacial score (nSPS) is 9.13. The number of carbonyl (C=O) groups is 1. The third kappa shape index (κ3) is 3.48. The van der Waals surface area contributed by atoms with Gasteiger partial charge in [-0.15, -0.1) is 0 Å². The fourth-order valence-electron chi connectivity index (χ4n) is 0.765. The molecule has 1 aromatic heterocycles. The zero-order chi connectivity index (χ0) is 11.3. The van der Waals surface area contributed by atoms with Crippen molar-refractivity contribution in [1.29, 1.82) is 0 Å². The molecule has 0 aliphatic rings. The molecule has 0 saturated heterocycles. The fourth-order valence-corrected chi connectivity index (χ4v) is 1.11. The smallest absolute Gasteiger partial charge is 0.270 e. The van der Waals surface area contributed by atoms with Crippen molar-refractivity contribution >= 4 is 16.9 Å². The second-order valence-corrected chi connectivity index (χ2v) is 3.66. The molecule has 0 spiro atoms. The maximum absolute atomic E-state index is 11.1. The molecule has 2 N–H and O–H groups in total. The molecule has 0 saturated carbocycles. The van der Waals surface area contributed by atoms with Crippen LogP contribution in [0.5, 0.6) is 5.88 Å². The molecule has 6 heteroatoms. The molecular formula is C9H8N2O3S. The van der Waals surface area contributed by atoms with E-state index in [-0.39, 0.29) is 16.4 Å². The Morgan fingerprint density at radius 3 is 3.07 bits per heavy atom. The van der Waals surface area contributed by atoms with Crippen LogP contribution in [-0.4, -0.2) is 25.9 Å². The molecule has 0 aliphatic carbocycles. The topological polar surface area (TPSA) is 83.0 Å². The zero-order valence-corrected chi connectivity index (χ0v) is 8.72. The Kier molecular flexibility index (Phi) is 3.94. The highest BCUT2D eigenvalue weighted by Gasteiger charge is 2.02. The van der Waals surface area contributed by atoms with Crippen LogP contribution < -0.4 is 5.56 Å². The van der Waals surface area contributed by atoms with E-state index in [9.17, 15) is 14.7 Å². The Balaban J connectivity index is 2.80. The van der Waals surface area contributed by atoms with Gasteiger partial charge >= 0.3 is 0 Å². The van der Waals surface area contributed by atoms with Crippen LogP contribution >= 0.6 is 11.8 Å². The Labute approximate surface area is 89.9 Å². The summed E-state index contributed by atoms with van der Waals surface area (Å²) in [5.74, 6) is 4.92. The molecule has 0 radical (unpaired) electrons. The standard InChI is InChI=1S/C9H8N2O3S/c1-6(12)15-4-2-3-7-8(13)10-5-11-9(7)14/h5H,4H2,1H3,(H2,10,11,13,14). The van der Waals surface area contributed by atoms with E-state index in [1.807, 2.05) is 0 Å². The summed E-state index contributed by atoms with van der Waals surface area (Å²) < 4.78 is 0. The largest absolute Gasteiger partial charge is 0.492 e. The van der Waals surface area contributed by atoms with Crippen molar-refractivity contribution in [1.82, 2.24) is 9.97 Å². The lowest BCUT2D eigenvalue weighted by Gasteiger charge is -1.91. The number of hydrogen-bond acceptors (Lipinski definition) is 5. The minimum Gasteiger partial charge on any atom is -0.492 e. The van der Waals surface area contributed by atoms with Crippen LogP contribution in [-0.2, 0) is 4.79 Å². The van der Waals surface area contributed by atoms with Gasteiger partial charge in [0.15, 0.2) is 10.7 Å². The molecule has 1 aromatic rings. The van der Waals surface area contributed by atoms with Gasteiger partial charge in [-0.1, -0.05) is 23.6 Å². The number of carbonyl (C=O) groups excluding carboxylic acids is 1. The first-order valence-corrected chi connectivity index (χ1v) is 4.98. The molecule has 1 rings (SSSR count). The van der Waals surface area contributed by atoms with E-state index in [4.69, 9.17) is 0 Å². The van der Waals surface area contributed by atoms with Crippen LogP contribution in [0.25, 0.3) is 0 Å². The lowest BCUT2D eigenvalue weighted by Crippen LogP contribution is -2.10. The predicted octanol–water partition coefficient (Wildman–Crippen LogP) is 0.107. The van der Waals surface area contributed by atoms with E-state index in [0.717, 1.165) is 18.1 Å². The summed E-state index contributed by atoms with van der Waals surface area (Å²) in [5.41, 5.74) is -0.579. The molecule has 0 fully saturated rings. The predicted molar refractivity (Wildman–Crippen MR) is 56.5 cm³/mol. The van der Waals surface area contributed by atoms with E-state index >= 15 is 0 Å². The number of aromatic hydroxyl groups is 1. The van der Waals surface area contributed by atoms with Gasteiger partial charge < -0.3 is 10.1 Å². The molecule has 0 aromatic carbocycles. The summed E-state index contributed by atoms with van der Waals surface area (Å²) in [7, 11) is 0. The first-order chi connectivity index (χ1) is 7.11. The highest BCUT2D eigenvalue weighted by Crippen LogP contribution is 2.04. The van der Waals surface area contributed by atoms with Crippen molar-refractivity contribution in [3.05, 3.63) is 22.2 Å². The first-order valence-electron chi connectivity index (χ1n) is 4.00. The van der Waals surface area contributed by atoms with E-state index < -0.39 is 11.4 Å².